The molecule has 8 heteroatoms. The highest BCUT2D eigenvalue weighted by atomic mass is 35.5. The Balaban J connectivity index is 1.87. The molecule has 0 bridgehead atoms. The molecule has 0 fully saturated rings. The van der Waals surface area contributed by atoms with E-state index in [4.69, 9.17) is 20.9 Å². The van der Waals surface area contributed by atoms with Crippen molar-refractivity contribution < 1.29 is 22.8 Å². The number of hydrogen-bond donors (Lipinski definition) is 0. The molecule has 0 N–H and O–H groups in total. The van der Waals surface area contributed by atoms with Crippen molar-refractivity contribution in [3.05, 3.63) is 59.5 Å². The first-order valence-electron chi connectivity index (χ1n) is 7.88. The molecule has 0 spiro atoms. The fourth-order valence-electron chi connectivity index (χ4n) is 2.43. The summed E-state index contributed by atoms with van der Waals surface area (Å²) in [7, 11) is 1.36. The van der Waals surface area contributed by atoms with E-state index in [1.807, 2.05) is 31.2 Å². The third-order valence-electron chi connectivity index (χ3n) is 3.71. The second-order valence-corrected chi connectivity index (χ2v) is 5.93. The predicted molar refractivity (Wildman–Crippen MR) is 97.8 cm³/mol. The van der Waals surface area contributed by atoms with Crippen LogP contribution >= 0.6 is 11.6 Å². The summed E-state index contributed by atoms with van der Waals surface area (Å²) < 4.78 is 39.5. The number of ether oxygens (including phenoxy) is 2. The predicted octanol–water partition coefficient (Wildman–Crippen LogP) is 5.39. The van der Waals surface area contributed by atoms with Crippen molar-refractivity contribution >= 4 is 22.7 Å². The molecule has 1 aromatic heterocycles. The van der Waals surface area contributed by atoms with E-state index >= 15 is 0 Å². The van der Waals surface area contributed by atoms with E-state index in [9.17, 15) is 8.78 Å². The summed E-state index contributed by atoms with van der Waals surface area (Å²) in [5, 5.41) is 4.15. The van der Waals surface area contributed by atoms with Gasteiger partial charge in [0.1, 0.15) is 5.03 Å². The fourth-order valence-corrected chi connectivity index (χ4v) is 2.63. The maximum Gasteiger partial charge on any atom is 0.387 e. The van der Waals surface area contributed by atoms with Gasteiger partial charge in [-0.05, 0) is 36.3 Å². The first kappa shape index (κ1) is 18.8. The van der Waals surface area contributed by atoms with E-state index in [-0.39, 0.29) is 22.4 Å². The van der Waals surface area contributed by atoms with Gasteiger partial charge in [0.15, 0.2) is 11.5 Å². The van der Waals surface area contributed by atoms with Crippen LogP contribution in [0.3, 0.4) is 0 Å². The van der Waals surface area contributed by atoms with Crippen LogP contribution in [0.15, 0.2) is 47.0 Å². The molecule has 0 aliphatic rings. The van der Waals surface area contributed by atoms with E-state index in [2.05, 4.69) is 14.9 Å². The van der Waals surface area contributed by atoms with Crippen LogP contribution in [0.25, 0.3) is 22.5 Å². The second-order valence-electron chi connectivity index (χ2n) is 5.52. The topological polar surface area (TPSA) is 57.4 Å². The Bertz CT molecular complexity index is 973. The average Bonchev–Trinajstić information content (AvgIpc) is 3.13. The molecule has 27 heavy (non-hydrogen) atoms. The third kappa shape index (κ3) is 4.43. The normalized spacial score (nSPS) is 11.7. The van der Waals surface area contributed by atoms with Crippen molar-refractivity contribution in [2.75, 3.05) is 7.11 Å². The van der Waals surface area contributed by atoms with Gasteiger partial charge in [-0.25, -0.2) is 0 Å². The van der Waals surface area contributed by atoms with Crippen molar-refractivity contribution in [1.82, 2.24) is 10.1 Å². The Morgan fingerprint density at radius 2 is 1.96 bits per heavy atom. The van der Waals surface area contributed by atoms with Crippen LogP contribution in [-0.4, -0.2) is 23.9 Å². The van der Waals surface area contributed by atoms with Crippen LogP contribution in [0.2, 0.25) is 0 Å². The number of nitrogens with zero attached hydrogens (tertiary/aromatic N) is 2. The van der Waals surface area contributed by atoms with Crippen LogP contribution in [0.4, 0.5) is 8.78 Å². The zero-order valence-electron chi connectivity index (χ0n) is 14.4. The zero-order chi connectivity index (χ0) is 19.4. The number of aryl methyl sites for hydroxylation is 1. The van der Waals surface area contributed by atoms with Crippen LogP contribution < -0.4 is 9.47 Å². The molecule has 5 nitrogen and oxygen atoms in total. The Labute approximate surface area is 159 Å². The molecule has 140 valence electrons. The quantitative estimate of drug-likeness (QED) is 0.562. The number of hydrogen-bond acceptors (Lipinski definition) is 5. The third-order valence-corrected chi connectivity index (χ3v) is 3.98. The lowest BCUT2D eigenvalue weighted by molar-refractivity contribution is -0.0512. The number of aromatic nitrogens is 2. The monoisotopic (exact) mass is 392 g/mol. The van der Waals surface area contributed by atoms with E-state index < -0.39 is 6.61 Å². The van der Waals surface area contributed by atoms with Gasteiger partial charge >= 0.3 is 6.61 Å². The van der Waals surface area contributed by atoms with Crippen molar-refractivity contribution in [3.63, 3.8) is 0 Å². The summed E-state index contributed by atoms with van der Waals surface area (Å²) in [5.74, 6) is 0.648. The molecule has 0 amide bonds. The highest BCUT2D eigenvalue weighted by Crippen LogP contribution is 2.32. The molecule has 0 aliphatic heterocycles. The second kappa shape index (κ2) is 8.18. The van der Waals surface area contributed by atoms with Gasteiger partial charge in [-0.2, -0.15) is 13.8 Å². The molecule has 2 aromatic carbocycles. The summed E-state index contributed by atoms with van der Waals surface area (Å²) >= 11 is 6.27. The van der Waals surface area contributed by atoms with Gasteiger partial charge in [0, 0.05) is 5.56 Å². The molecule has 0 saturated carbocycles. The first-order chi connectivity index (χ1) is 13.0. The van der Waals surface area contributed by atoms with Crippen molar-refractivity contribution in [2.45, 2.75) is 13.5 Å². The van der Waals surface area contributed by atoms with Gasteiger partial charge in [0.05, 0.1) is 7.11 Å². The Hall–Kier alpha value is -2.93. The number of methoxy groups -OCH3 is 1. The molecular formula is C19H15ClF2N2O3. The Morgan fingerprint density at radius 3 is 2.67 bits per heavy atom. The SMILES string of the molecule is COc1cc(/C=C(\Cl)c2nc(-c3ccccc3C)no2)ccc1OC(F)F. The lowest BCUT2D eigenvalue weighted by Gasteiger charge is -2.10. The average molecular weight is 393 g/mol. The molecule has 3 rings (SSSR count). The molecular weight excluding hydrogens is 378 g/mol. The van der Waals surface area contributed by atoms with Crippen molar-refractivity contribution in [1.29, 1.82) is 0 Å². The maximum absolute atomic E-state index is 12.4. The van der Waals surface area contributed by atoms with Gasteiger partial charge in [-0.15, -0.1) is 0 Å². The molecule has 0 saturated heterocycles. The maximum atomic E-state index is 12.4. The molecule has 3 aromatic rings. The summed E-state index contributed by atoms with van der Waals surface area (Å²) in [5.41, 5.74) is 2.44. The highest BCUT2D eigenvalue weighted by Gasteiger charge is 2.14. The summed E-state index contributed by atoms with van der Waals surface area (Å²) in [4.78, 5) is 4.30. The summed E-state index contributed by atoms with van der Waals surface area (Å²) in [6, 6.07) is 12.1. The van der Waals surface area contributed by atoms with Gasteiger partial charge in [0.25, 0.3) is 5.89 Å². The summed E-state index contributed by atoms with van der Waals surface area (Å²) in [6.07, 6.45) is 1.56. The minimum Gasteiger partial charge on any atom is -0.493 e. The minimum atomic E-state index is -2.94. The lowest BCUT2D eigenvalue weighted by atomic mass is 10.1. The summed E-state index contributed by atoms with van der Waals surface area (Å²) in [6.45, 7) is -1.000. The molecule has 0 aliphatic carbocycles. The molecule has 0 radical (unpaired) electrons. The van der Waals surface area contributed by atoms with Crippen LogP contribution in [-0.2, 0) is 0 Å². The van der Waals surface area contributed by atoms with Gasteiger partial charge < -0.3 is 14.0 Å². The van der Waals surface area contributed by atoms with Crippen LogP contribution in [0.1, 0.15) is 17.0 Å². The minimum absolute atomic E-state index is 0.0691. The Kier molecular flexibility index (Phi) is 5.71. The van der Waals surface area contributed by atoms with Gasteiger partial charge in [-0.1, -0.05) is 47.1 Å². The number of halogens is 3. The van der Waals surface area contributed by atoms with Crippen LogP contribution in [0, 0.1) is 6.92 Å². The van der Waals surface area contributed by atoms with Crippen molar-refractivity contribution in [3.8, 4) is 22.9 Å². The lowest BCUT2D eigenvalue weighted by Crippen LogP contribution is -2.03. The number of benzene rings is 2. The smallest absolute Gasteiger partial charge is 0.387 e. The fraction of sp³-hybridized carbons (Fsp3) is 0.158. The van der Waals surface area contributed by atoms with E-state index in [1.165, 1.54) is 19.2 Å². The standard InChI is InChI=1S/C19H15ClF2N2O3/c1-11-5-3-4-6-13(11)17-23-18(27-24-17)14(20)9-12-7-8-15(26-19(21)22)16(10-12)25-2/h3-10,19H,1-2H3/b14-9-. The van der Waals surface area contributed by atoms with Gasteiger partial charge in [-0.3, -0.25) is 0 Å². The van der Waals surface area contributed by atoms with E-state index in [0.29, 0.717) is 11.4 Å². The van der Waals surface area contributed by atoms with E-state index in [1.54, 1.807) is 12.1 Å². The number of rotatable bonds is 6. The van der Waals surface area contributed by atoms with Crippen molar-refractivity contribution in [2.24, 2.45) is 0 Å². The Morgan fingerprint density at radius 1 is 1.19 bits per heavy atom. The van der Waals surface area contributed by atoms with E-state index in [0.717, 1.165) is 11.1 Å². The van der Waals surface area contributed by atoms with Gasteiger partial charge in [0.2, 0.25) is 5.82 Å². The largest absolute Gasteiger partial charge is 0.493 e. The molecule has 1 heterocycles. The van der Waals surface area contributed by atoms with Crippen LogP contribution in [0.5, 0.6) is 11.5 Å². The first-order valence-corrected chi connectivity index (χ1v) is 8.26. The molecule has 0 unspecified atom stereocenters. The molecule has 0 atom stereocenters. The highest BCUT2D eigenvalue weighted by molar-refractivity contribution is 6.50. The zero-order valence-corrected chi connectivity index (χ0v) is 15.2. The number of alkyl halides is 2.